The minimum atomic E-state index is 0.559. The molecule has 1 aliphatic carbocycles. The molecule has 3 nitrogen and oxygen atoms in total. The first-order chi connectivity index (χ1) is 7.58. The van der Waals surface area contributed by atoms with Crippen LogP contribution in [0.4, 0.5) is 11.5 Å². The molecular formula is C13H21N3. The summed E-state index contributed by atoms with van der Waals surface area (Å²) in [7, 11) is 4.07. The van der Waals surface area contributed by atoms with Crippen LogP contribution in [0.1, 0.15) is 25.5 Å². The molecule has 1 saturated carbocycles. The van der Waals surface area contributed by atoms with Crippen LogP contribution in [0.25, 0.3) is 0 Å². The highest BCUT2D eigenvalue weighted by molar-refractivity contribution is 5.65. The van der Waals surface area contributed by atoms with E-state index in [1.165, 1.54) is 12.8 Å². The van der Waals surface area contributed by atoms with E-state index < -0.39 is 0 Å². The van der Waals surface area contributed by atoms with Crippen LogP contribution < -0.4 is 10.2 Å². The fourth-order valence-electron chi connectivity index (χ4n) is 1.96. The number of nitrogens with zero attached hydrogens (tertiary/aromatic N) is 2. The summed E-state index contributed by atoms with van der Waals surface area (Å²) in [4.78, 5) is 6.63. The Morgan fingerprint density at radius 2 is 2.06 bits per heavy atom. The second-order valence-corrected chi connectivity index (χ2v) is 4.99. The third-order valence-electron chi connectivity index (χ3n) is 3.15. The van der Waals surface area contributed by atoms with Crippen molar-refractivity contribution in [1.82, 2.24) is 4.98 Å². The van der Waals surface area contributed by atoms with Crippen molar-refractivity contribution in [3.63, 3.8) is 0 Å². The Morgan fingerprint density at radius 1 is 1.38 bits per heavy atom. The SMILES string of the molecule is Cc1ccc(NC(C)C2CC2)c(N(C)C)n1. The van der Waals surface area contributed by atoms with E-state index in [0.717, 1.165) is 23.1 Å². The van der Waals surface area contributed by atoms with Gasteiger partial charge in [0, 0.05) is 25.8 Å². The van der Waals surface area contributed by atoms with Crippen molar-refractivity contribution in [2.75, 3.05) is 24.3 Å². The summed E-state index contributed by atoms with van der Waals surface area (Å²) in [6.07, 6.45) is 2.73. The lowest BCUT2D eigenvalue weighted by atomic mass is 10.2. The van der Waals surface area contributed by atoms with Gasteiger partial charge in [-0.3, -0.25) is 0 Å². The van der Waals surface area contributed by atoms with Crippen LogP contribution >= 0.6 is 0 Å². The van der Waals surface area contributed by atoms with Gasteiger partial charge >= 0.3 is 0 Å². The molecule has 1 fully saturated rings. The van der Waals surface area contributed by atoms with Crippen molar-refractivity contribution >= 4 is 11.5 Å². The summed E-state index contributed by atoms with van der Waals surface area (Å²) >= 11 is 0. The quantitative estimate of drug-likeness (QED) is 0.844. The molecule has 1 unspecified atom stereocenters. The summed E-state index contributed by atoms with van der Waals surface area (Å²) in [5, 5.41) is 3.58. The van der Waals surface area contributed by atoms with Crippen LogP contribution in [0.15, 0.2) is 12.1 Å². The Balaban J connectivity index is 2.17. The van der Waals surface area contributed by atoms with Gasteiger partial charge in [-0.15, -0.1) is 0 Å². The largest absolute Gasteiger partial charge is 0.379 e. The Bertz CT molecular complexity index is 369. The molecule has 0 aliphatic heterocycles. The van der Waals surface area contributed by atoms with Gasteiger partial charge in [0.25, 0.3) is 0 Å². The zero-order valence-corrected chi connectivity index (χ0v) is 10.6. The average Bonchev–Trinajstić information content (AvgIpc) is 3.03. The molecule has 2 rings (SSSR count). The van der Waals surface area contributed by atoms with Crippen LogP contribution in [-0.2, 0) is 0 Å². The molecule has 1 N–H and O–H groups in total. The van der Waals surface area contributed by atoms with Crippen LogP contribution in [0.5, 0.6) is 0 Å². The molecule has 16 heavy (non-hydrogen) atoms. The minimum absolute atomic E-state index is 0.559. The first kappa shape index (κ1) is 11.2. The lowest BCUT2D eigenvalue weighted by Gasteiger charge is -2.21. The molecule has 0 bridgehead atoms. The number of rotatable bonds is 4. The third kappa shape index (κ3) is 2.46. The minimum Gasteiger partial charge on any atom is -0.379 e. The smallest absolute Gasteiger partial charge is 0.151 e. The van der Waals surface area contributed by atoms with Crippen molar-refractivity contribution in [2.24, 2.45) is 5.92 Å². The van der Waals surface area contributed by atoms with Crippen LogP contribution in [-0.4, -0.2) is 25.1 Å². The highest BCUT2D eigenvalue weighted by atomic mass is 15.2. The van der Waals surface area contributed by atoms with E-state index in [9.17, 15) is 0 Å². The second kappa shape index (κ2) is 4.32. The Labute approximate surface area is 97.9 Å². The summed E-state index contributed by atoms with van der Waals surface area (Å²) in [6, 6.07) is 4.76. The highest BCUT2D eigenvalue weighted by Gasteiger charge is 2.28. The van der Waals surface area contributed by atoms with Gasteiger partial charge in [-0.25, -0.2) is 4.98 Å². The zero-order chi connectivity index (χ0) is 11.7. The molecule has 1 atom stereocenters. The molecule has 3 heteroatoms. The maximum atomic E-state index is 4.57. The van der Waals surface area contributed by atoms with Crippen molar-refractivity contribution in [2.45, 2.75) is 32.7 Å². The number of nitrogens with one attached hydrogen (secondary N) is 1. The monoisotopic (exact) mass is 219 g/mol. The molecule has 0 saturated heterocycles. The fourth-order valence-corrected chi connectivity index (χ4v) is 1.96. The van der Waals surface area contributed by atoms with Gasteiger partial charge in [-0.1, -0.05) is 0 Å². The van der Waals surface area contributed by atoms with Crippen LogP contribution in [0.2, 0.25) is 0 Å². The van der Waals surface area contributed by atoms with E-state index in [1.54, 1.807) is 0 Å². The predicted molar refractivity (Wildman–Crippen MR) is 69.1 cm³/mol. The molecule has 1 heterocycles. The van der Waals surface area contributed by atoms with Crippen LogP contribution in [0, 0.1) is 12.8 Å². The van der Waals surface area contributed by atoms with Gasteiger partial charge in [-0.05, 0) is 44.7 Å². The molecule has 0 radical (unpaired) electrons. The highest BCUT2D eigenvalue weighted by Crippen LogP contribution is 2.35. The van der Waals surface area contributed by atoms with Crippen molar-refractivity contribution < 1.29 is 0 Å². The topological polar surface area (TPSA) is 28.2 Å². The summed E-state index contributed by atoms with van der Waals surface area (Å²) in [6.45, 7) is 4.29. The predicted octanol–water partition coefficient (Wildman–Crippen LogP) is 2.67. The van der Waals surface area contributed by atoms with Crippen molar-refractivity contribution in [3.8, 4) is 0 Å². The third-order valence-corrected chi connectivity index (χ3v) is 3.15. The molecule has 1 aliphatic rings. The zero-order valence-electron chi connectivity index (χ0n) is 10.6. The molecular weight excluding hydrogens is 198 g/mol. The Morgan fingerprint density at radius 3 is 2.62 bits per heavy atom. The van der Waals surface area contributed by atoms with Gasteiger partial charge < -0.3 is 10.2 Å². The van der Waals surface area contributed by atoms with Crippen LogP contribution in [0.3, 0.4) is 0 Å². The van der Waals surface area contributed by atoms with E-state index in [-0.39, 0.29) is 0 Å². The maximum Gasteiger partial charge on any atom is 0.151 e. The first-order valence-electron chi connectivity index (χ1n) is 5.99. The van der Waals surface area contributed by atoms with Gasteiger partial charge in [0.15, 0.2) is 5.82 Å². The molecule has 1 aromatic rings. The molecule has 88 valence electrons. The van der Waals surface area contributed by atoms with Gasteiger partial charge in [0.05, 0.1) is 5.69 Å². The summed E-state index contributed by atoms with van der Waals surface area (Å²) < 4.78 is 0. The van der Waals surface area contributed by atoms with E-state index in [0.29, 0.717) is 6.04 Å². The Kier molecular flexibility index (Phi) is 3.03. The number of hydrogen-bond donors (Lipinski definition) is 1. The molecule has 1 aromatic heterocycles. The van der Waals surface area contributed by atoms with Gasteiger partial charge in [-0.2, -0.15) is 0 Å². The van der Waals surface area contributed by atoms with E-state index in [2.05, 4.69) is 34.3 Å². The second-order valence-electron chi connectivity index (χ2n) is 4.99. The molecule has 0 spiro atoms. The number of anilines is 2. The standard InChI is InChI=1S/C13H21N3/c1-9-5-8-12(13(14-9)16(3)4)15-10(2)11-6-7-11/h5,8,10-11,15H,6-7H2,1-4H3. The summed E-state index contributed by atoms with van der Waals surface area (Å²) in [5.41, 5.74) is 2.21. The van der Waals surface area contributed by atoms with Crippen molar-refractivity contribution in [3.05, 3.63) is 17.8 Å². The fraction of sp³-hybridized carbons (Fsp3) is 0.615. The molecule has 0 aromatic carbocycles. The Hall–Kier alpha value is -1.25. The number of aromatic nitrogens is 1. The van der Waals surface area contributed by atoms with Gasteiger partial charge in [0.1, 0.15) is 0 Å². The number of pyridine rings is 1. The first-order valence-corrected chi connectivity index (χ1v) is 5.99. The van der Waals surface area contributed by atoms with E-state index in [4.69, 9.17) is 0 Å². The van der Waals surface area contributed by atoms with Crippen molar-refractivity contribution in [1.29, 1.82) is 0 Å². The molecule has 0 amide bonds. The summed E-state index contributed by atoms with van der Waals surface area (Å²) in [5.74, 6) is 1.89. The lowest BCUT2D eigenvalue weighted by Crippen LogP contribution is -2.21. The number of hydrogen-bond acceptors (Lipinski definition) is 3. The van der Waals surface area contributed by atoms with Gasteiger partial charge in [0.2, 0.25) is 0 Å². The van der Waals surface area contributed by atoms with E-state index >= 15 is 0 Å². The number of aryl methyl sites for hydroxylation is 1. The average molecular weight is 219 g/mol. The maximum absolute atomic E-state index is 4.57. The van der Waals surface area contributed by atoms with E-state index in [1.807, 2.05) is 21.0 Å². The lowest BCUT2D eigenvalue weighted by molar-refractivity contribution is 0.693. The normalized spacial score (nSPS) is 17.0.